The Morgan fingerprint density at radius 3 is 2.80 bits per heavy atom. The number of ether oxygens (including phenoxy) is 1. The molecule has 0 amide bonds. The van der Waals surface area contributed by atoms with Gasteiger partial charge in [0.05, 0.1) is 22.6 Å². The van der Waals surface area contributed by atoms with Crippen LogP contribution in [0.2, 0.25) is 0 Å². The lowest BCUT2D eigenvalue weighted by Crippen LogP contribution is -2.31. The first-order valence-corrected chi connectivity index (χ1v) is 8.27. The van der Waals surface area contributed by atoms with Gasteiger partial charge in [0.1, 0.15) is 5.52 Å². The van der Waals surface area contributed by atoms with Crippen molar-refractivity contribution < 1.29 is 13.2 Å². The number of hydrogen-bond donors (Lipinski definition) is 1. The maximum absolute atomic E-state index is 11.9. The Morgan fingerprint density at radius 1 is 1.45 bits per heavy atom. The Hall–Kier alpha value is -1.60. The van der Waals surface area contributed by atoms with Crippen LogP contribution in [0.4, 0.5) is 5.95 Å². The predicted molar refractivity (Wildman–Crippen MR) is 76.3 cm³/mol. The van der Waals surface area contributed by atoms with E-state index in [9.17, 15) is 8.42 Å². The predicted octanol–water partition coefficient (Wildman–Crippen LogP) is 1.16. The van der Waals surface area contributed by atoms with Gasteiger partial charge in [0.2, 0.25) is 5.95 Å². The van der Waals surface area contributed by atoms with Crippen molar-refractivity contribution in [3.05, 3.63) is 18.2 Å². The molecule has 20 heavy (non-hydrogen) atoms. The van der Waals surface area contributed by atoms with Gasteiger partial charge in [-0.15, -0.1) is 0 Å². The number of nitrogens with zero attached hydrogens (tertiary/aromatic N) is 2. The number of nitrogen functional groups attached to an aromatic ring is 1. The molecular formula is C13H17N3O3S. The summed E-state index contributed by atoms with van der Waals surface area (Å²) in [6.45, 7) is 3.26. The summed E-state index contributed by atoms with van der Waals surface area (Å²) >= 11 is 0. The molecule has 1 aliphatic rings. The molecule has 2 aromatic rings. The largest absolute Gasteiger partial charge is 0.379 e. The van der Waals surface area contributed by atoms with Gasteiger partial charge in [0.15, 0.2) is 9.84 Å². The highest BCUT2D eigenvalue weighted by Gasteiger charge is 2.35. The fourth-order valence-electron chi connectivity index (χ4n) is 2.79. The summed E-state index contributed by atoms with van der Waals surface area (Å²) < 4.78 is 31.1. The summed E-state index contributed by atoms with van der Waals surface area (Å²) in [5.41, 5.74) is 6.92. The van der Waals surface area contributed by atoms with E-state index in [1.807, 2.05) is 17.6 Å². The van der Waals surface area contributed by atoms with E-state index in [0.29, 0.717) is 24.7 Å². The Morgan fingerprint density at radius 2 is 2.20 bits per heavy atom. The molecule has 0 spiro atoms. The Bertz CT molecular complexity index is 774. The highest BCUT2D eigenvalue weighted by Crippen LogP contribution is 2.35. The fraction of sp³-hybridized carbons (Fsp3) is 0.462. The third-order valence-corrected chi connectivity index (χ3v) is 4.94. The highest BCUT2D eigenvalue weighted by molar-refractivity contribution is 7.91. The molecule has 108 valence electrons. The minimum Gasteiger partial charge on any atom is -0.379 e. The molecule has 0 radical (unpaired) electrons. The fourth-order valence-corrected chi connectivity index (χ4v) is 3.62. The van der Waals surface area contributed by atoms with Gasteiger partial charge in [-0.3, -0.25) is 0 Å². The third-order valence-electron chi connectivity index (χ3n) is 3.81. The standard InChI is InChI=1S/C13H17N3O3S/c1-13(6-7-19-8-13)16-9-4-3-5-10(20(2,17)18)11(9)15-12(16)14/h3-5H,6-8H2,1-2H3,(H2,14,15). The van der Waals surface area contributed by atoms with Crippen LogP contribution in [0.3, 0.4) is 0 Å². The Balaban J connectivity index is 2.33. The molecule has 6 nitrogen and oxygen atoms in total. The van der Waals surface area contributed by atoms with Crippen molar-refractivity contribution >= 4 is 26.8 Å². The average molecular weight is 295 g/mol. The van der Waals surface area contributed by atoms with Crippen molar-refractivity contribution in [1.29, 1.82) is 0 Å². The van der Waals surface area contributed by atoms with Crippen LogP contribution in [-0.2, 0) is 20.1 Å². The van der Waals surface area contributed by atoms with Crippen molar-refractivity contribution in [2.24, 2.45) is 0 Å². The van der Waals surface area contributed by atoms with Crippen LogP contribution < -0.4 is 5.73 Å². The van der Waals surface area contributed by atoms with Gasteiger partial charge in [0, 0.05) is 12.9 Å². The quantitative estimate of drug-likeness (QED) is 0.898. The lowest BCUT2D eigenvalue weighted by Gasteiger charge is -2.25. The van der Waals surface area contributed by atoms with Crippen LogP contribution in [-0.4, -0.2) is 37.4 Å². The van der Waals surface area contributed by atoms with Crippen LogP contribution in [0.1, 0.15) is 13.3 Å². The summed E-state index contributed by atoms with van der Waals surface area (Å²) in [7, 11) is -3.34. The molecule has 1 aliphatic heterocycles. The number of benzene rings is 1. The van der Waals surface area contributed by atoms with Crippen molar-refractivity contribution in [2.75, 3.05) is 25.2 Å². The number of sulfone groups is 1. The van der Waals surface area contributed by atoms with Crippen molar-refractivity contribution in [1.82, 2.24) is 9.55 Å². The molecule has 1 fully saturated rings. The molecule has 3 rings (SSSR count). The summed E-state index contributed by atoms with van der Waals surface area (Å²) in [6.07, 6.45) is 2.00. The molecule has 1 aromatic carbocycles. The van der Waals surface area contributed by atoms with Crippen LogP contribution in [0.5, 0.6) is 0 Å². The maximum atomic E-state index is 11.9. The SMILES string of the molecule is CC1(n2c(N)nc3c(S(C)(=O)=O)cccc32)CCOC1. The zero-order valence-corrected chi connectivity index (χ0v) is 12.3. The first-order chi connectivity index (χ1) is 9.33. The second kappa shape index (κ2) is 4.20. The number of fused-ring (bicyclic) bond motifs is 1. The van der Waals surface area contributed by atoms with Crippen molar-refractivity contribution in [3.8, 4) is 0 Å². The molecule has 0 aliphatic carbocycles. The van der Waals surface area contributed by atoms with Crippen LogP contribution >= 0.6 is 0 Å². The monoisotopic (exact) mass is 295 g/mol. The molecule has 1 unspecified atom stereocenters. The zero-order valence-electron chi connectivity index (χ0n) is 11.5. The van der Waals surface area contributed by atoms with Crippen LogP contribution in [0.15, 0.2) is 23.1 Å². The van der Waals surface area contributed by atoms with E-state index in [-0.39, 0.29) is 10.4 Å². The van der Waals surface area contributed by atoms with E-state index in [2.05, 4.69) is 4.98 Å². The number of rotatable bonds is 2. The average Bonchev–Trinajstić information content (AvgIpc) is 2.90. The molecule has 1 saturated heterocycles. The molecule has 1 atom stereocenters. The highest BCUT2D eigenvalue weighted by atomic mass is 32.2. The third kappa shape index (κ3) is 1.89. The first kappa shape index (κ1) is 13.4. The van der Waals surface area contributed by atoms with E-state index in [4.69, 9.17) is 10.5 Å². The number of para-hydroxylation sites is 1. The summed E-state index contributed by atoms with van der Waals surface area (Å²) in [5.74, 6) is 0.323. The molecule has 0 saturated carbocycles. The normalized spacial score (nSPS) is 23.5. The zero-order chi connectivity index (χ0) is 14.5. The lowest BCUT2D eigenvalue weighted by molar-refractivity contribution is 0.164. The lowest BCUT2D eigenvalue weighted by atomic mass is 10.0. The molecule has 1 aromatic heterocycles. The van der Waals surface area contributed by atoms with Gasteiger partial charge < -0.3 is 15.0 Å². The molecule has 7 heteroatoms. The summed E-state index contributed by atoms with van der Waals surface area (Å²) in [6, 6.07) is 5.12. The van der Waals surface area contributed by atoms with E-state index >= 15 is 0 Å². The van der Waals surface area contributed by atoms with Gasteiger partial charge in [-0.05, 0) is 25.5 Å². The van der Waals surface area contributed by atoms with Crippen molar-refractivity contribution in [2.45, 2.75) is 23.8 Å². The van der Waals surface area contributed by atoms with Gasteiger partial charge in [-0.1, -0.05) is 6.07 Å². The molecular weight excluding hydrogens is 278 g/mol. The number of hydrogen-bond acceptors (Lipinski definition) is 5. The van der Waals surface area contributed by atoms with Gasteiger partial charge in [0.25, 0.3) is 0 Å². The minimum atomic E-state index is -3.34. The summed E-state index contributed by atoms with van der Waals surface area (Å²) in [4.78, 5) is 4.49. The smallest absolute Gasteiger partial charge is 0.201 e. The topological polar surface area (TPSA) is 87.2 Å². The number of aromatic nitrogens is 2. The van der Waals surface area contributed by atoms with E-state index < -0.39 is 9.84 Å². The minimum absolute atomic E-state index is 0.211. The van der Waals surface area contributed by atoms with E-state index in [0.717, 1.165) is 11.9 Å². The van der Waals surface area contributed by atoms with Gasteiger partial charge >= 0.3 is 0 Å². The second-order valence-corrected chi connectivity index (χ2v) is 7.49. The van der Waals surface area contributed by atoms with Crippen LogP contribution in [0, 0.1) is 0 Å². The Kier molecular flexibility index (Phi) is 2.81. The first-order valence-electron chi connectivity index (χ1n) is 6.38. The number of anilines is 1. The van der Waals surface area contributed by atoms with Crippen molar-refractivity contribution in [3.63, 3.8) is 0 Å². The molecule has 0 bridgehead atoms. The van der Waals surface area contributed by atoms with Gasteiger partial charge in [-0.25, -0.2) is 13.4 Å². The number of imidazole rings is 1. The second-order valence-electron chi connectivity index (χ2n) is 5.50. The van der Waals surface area contributed by atoms with Crippen LogP contribution in [0.25, 0.3) is 11.0 Å². The molecule has 2 N–H and O–H groups in total. The summed E-state index contributed by atoms with van der Waals surface area (Å²) in [5, 5.41) is 0. The van der Waals surface area contributed by atoms with E-state index in [1.54, 1.807) is 12.1 Å². The maximum Gasteiger partial charge on any atom is 0.201 e. The van der Waals surface area contributed by atoms with E-state index in [1.165, 1.54) is 6.26 Å². The molecule has 2 heterocycles. The van der Waals surface area contributed by atoms with Gasteiger partial charge in [-0.2, -0.15) is 0 Å². The Labute approximate surface area is 117 Å². The number of nitrogens with two attached hydrogens (primary N) is 1.